The standard InChI is InChI=1S/C20H32N2O2S/c23-18(9-8-16-4-1-2-5-16)22-14-15-25-20(22)10-12-21(13-11-20)19(24)17-6-3-7-17/h16-17H,1-15H2. The van der Waals surface area contributed by atoms with Crippen LogP contribution in [0.1, 0.15) is 70.6 Å². The highest BCUT2D eigenvalue weighted by molar-refractivity contribution is 8.00. The molecule has 2 heterocycles. The number of likely N-dealkylation sites (tertiary alicyclic amines) is 1. The first-order valence-electron chi connectivity index (χ1n) is 10.4. The first-order valence-corrected chi connectivity index (χ1v) is 11.4. The summed E-state index contributed by atoms with van der Waals surface area (Å²) in [7, 11) is 0. The lowest BCUT2D eigenvalue weighted by molar-refractivity contribution is -0.141. The normalized spacial score (nSPS) is 27.0. The number of rotatable bonds is 4. The number of carbonyl (C=O) groups excluding carboxylic acids is 2. The second-order valence-corrected chi connectivity index (χ2v) is 9.94. The second kappa shape index (κ2) is 7.50. The topological polar surface area (TPSA) is 40.6 Å². The predicted octanol–water partition coefficient (Wildman–Crippen LogP) is 3.65. The van der Waals surface area contributed by atoms with E-state index in [9.17, 15) is 9.59 Å². The summed E-state index contributed by atoms with van der Waals surface area (Å²) in [5.74, 6) is 2.90. The van der Waals surface area contributed by atoms with Gasteiger partial charge in [-0.3, -0.25) is 9.59 Å². The van der Waals surface area contributed by atoms with Crippen LogP contribution in [0.5, 0.6) is 0 Å². The fraction of sp³-hybridized carbons (Fsp3) is 0.900. The van der Waals surface area contributed by atoms with Gasteiger partial charge in [-0.05, 0) is 38.0 Å². The molecule has 0 bridgehead atoms. The summed E-state index contributed by atoms with van der Waals surface area (Å²) < 4.78 is 0. The summed E-state index contributed by atoms with van der Waals surface area (Å²) in [6.45, 7) is 2.59. The molecule has 4 nitrogen and oxygen atoms in total. The minimum Gasteiger partial charge on any atom is -0.342 e. The molecule has 2 aliphatic heterocycles. The molecule has 0 radical (unpaired) electrons. The molecular weight excluding hydrogens is 332 g/mol. The Balaban J connectivity index is 1.31. The Morgan fingerprint density at radius 1 is 0.960 bits per heavy atom. The molecule has 0 aromatic rings. The van der Waals surface area contributed by atoms with Gasteiger partial charge in [0.2, 0.25) is 11.8 Å². The lowest BCUT2D eigenvalue weighted by Crippen LogP contribution is -2.54. The van der Waals surface area contributed by atoms with Crippen LogP contribution in [0.25, 0.3) is 0 Å². The molecule has 1 spiro atoms. The number of amides is 2. The van der Waals surface area contributed by atoms with Crippen LogP contribution in [0.4, 0.5) is 0 Å². The predicted molar refractivity (Wildman–Crippen MR) is 101 cm³/mol. The number of hydrogen-bond donors (Lipinski definition) is 0. The largest absolute Gasteiger partial charge is 0.342 e. The summed E-state index contributed by atoms with van der Waals surface area (Å²) in [4.78, 5) is 29.6. The molecule has 0 atom stereocenters. The van der Waals surface area contributed by atoms with Crippen LogP contribution in [-0.2, 0) is 9.59 Å². The highest BCUT2D eigenvalue weighted by Crippen LogP contribution is 2.45. The Labute approximate surface area is 156 Å². The smallest absolute Gasteiger partial charge is 0.225 e. The molecule has 4 fully saturated rings. The molecule has 2 aliphatic carbocycles. The number of nitrogens with zero attached hydrogens (tertiary/aromatic N) is 2. The fourth-order valence-corrected chi connectivity index (χ4v) is 6.60. The van der Waals surface area contributed by atoms with Crippen LogP contribution in [0.2, 0.25) is 0 Å². The molecule has 0 aromatic carbocycles. The van der Waals surface area contributed by atoms with E-state index in [1.165, 1.54) is 32.1 Å². The monoisotopic (exact) mass is 364 g/mol. The van der Waals surface area contributed by atoms with Crippen LogP contribution in [0.3, 0.4) is 0 Å². The quantitative estimate of drug-likeness (QED) is 0.764. The van der Waals surface area contributed by atoms with Gasteiger partial charge in [-0.15, -0.1) is 11.8 Å². The fourth-order valence-electron chi connectivity index (χ4n) is 5.13. The molecule has 0 aromatic heterocycles. The van der Waals surface area contributed by atoms with Gasteiger partial charge in [-0.25, -0.2) is 0 Å². The summed E-state index contributed by atoms with van der Waals surface area (Å²) in [5.41, 5.74) is 0. The molecule has 0 N–H and O–H groups in total. The molecule has 140 valence electrons. The van der Waals surface area contributed by atoms with Crippen LogP contribution < -0.4 is 0 Å². The minimum atomic E-state index is -0.0108. The zero-order valence-electron chi connectivity index (χ0n) is 15.4. The summed E-state index contributed by atoms with van der Waals surface area (Å²) >= 11 is 1.97. The van der Waals surface area contributed by atoms with Crippen molar-refractivity contribution in [2.24, 2.45) is 11.8 Å². The van der Waals surface area contributed by atoms with E-state index >= 15 is 0 Å². The maximum atomic E-state index is 12.9. The van der Waals surface area contributed by atoms with Crippen molar-refractivity contribution in [1.29, 1.82) is 0 Å². The van der Waals surface area contributed by atoms with Gasteiger partial charge in [0.1, 0.15) is 0 Å². The average Bonchev–Trinajstić information content (AvgIpc) is 3.22. The lowest BCUT2D eigenvalue weighted by Gasteiger charge is -2.45. The van der Waals surface area contributed by atoms with Gasteiger partial charge in [0, 0.05) is 37.7 Å². The number of carbonyl (C=O) groups is 2. The zero-order chi connectivity index (χ0) is 17.3. The summed E-state index contributed by atoms with van der Waals surface area (Å²) in [6.07, 6.45) is 12.5. The second-order valence-electron chi connectivity index (χ2n) is 8.48. The van der Waals surface area contributed by atoms with E-state index in [2.05, 4.69) is 9.80 Å². The third-order valence-electron chi connectivity index (χ3n) is 7.03. The van der Waals surface area contributed by atoms with E-state index < -0.39 is 0 Å². The summed E-state index contributed by atoms with van der Waals surface area (Å²) in [6, 6.07) is 0. The van der Waals surface area contributed by atoms with Gasteiger partial charge in [-0.1, -0.05) is 32.1 Å². The van der Waals surface area contributed by atoms with E-state index in [0.29, 0.717) is 17.7 Å². The zero-order valence-corrected chi connectivity index (χ0v) is 16.2. The van der Waals surface area contributed by atoms with Crippen molar-refractivity contribution in [3.05, 3.63) is 0 Å². The van der Waals surface area contributed by atoms with E-state index in [0.717, 1.165) is 69.8 Å². The highest BCUT2D eigenvalue weighted by Gasteiger charge is 2.47. The number of hydrogen-bond acceptors (Lipinski definition) is 3. The van der Waals surface area contributed by atoms with Crippen molar-refractivity contribution in [2.45, 2.75) is 75.5 Å². The third-order valence-corrected chi connectivity index (χ3v) is 8.58. The maximum Gasteiger partial charge on any atom is 0.225 e. The van der Waals surface area contributed by atoms with Crippen molar-refractivity contribution >= 4 is 23.6 Å². The van der Waals surface area contributed by atoms with Crippen LogP contribution in [0, 0.1) is 11.8 Å². The van der Waals surface area contributed by atoms with Gasteiger partial charge in [0.05, 0.1) is 4.87 Å². The molecule has 4 aliphatic rings. The van der Waals surface area contributed by atoms with Crippen LogP contribution in [-0.4, -0.2) is 51.9 Å². The Kier molecular flexibility index (Phi) is 5.30. The van der Waals surface area contributed by atoms with Crippen molar-refractivity contribution in [1.82, 2.24) is 9.80 Å². The molecule has 2 amide bonds. The Morgan fingerprint density at radius 2 is 1.68 bits per heavy atom. The van der Waals surface area contributed by atoms with Crippen molar-refractivity contribution in [2.75, 3.05) is 25.4 Å². The SMILES string of the molecule is O=C(C1CCC1)N1CCC2(CC1)SCCN2C(=O)CCC1CCCC1. The molecular formula is C20H32N2O2S. The van der Waals surface area contributed by atoms with Crippen molar-refractivity contribution in [3.63, 3.8) is 0 Å². The maximum absolute atomic E-state index is 12.9. The van der Waals surface area contributed by atoms with Crippen LogP contribution in [0.15, 0.2) is 0 Å². The number of thioether (sulfide) groups is 1. The van der Waals surface area contributed by atoms with Gasteiger partial charge < -0.3 is 9.80 Å². The average molecular weight is 365 g/mol. The molecule has 2 saturated heterocycles. The van der Waals surface area contributed by atoms with Crippen molar-refractivity contribution in [3.8, 4) is 0 Å². The molecule has 2 saturated carbocycles. The lowest BCUT2D eigenvalue weighted by atomic mass is 9.84. The Hall–Kier alpha value is -0.710. The van der Waals surface area contributed by atoms with Crippen molar-refractivity contribution < 1.29 is 9.59 Å². The molecule has 4 rings (SSSR count). The Bertz CT molecular complexity index is 506. The first-order chi connectivity index (χ1) is 12.2. The highest BCUT2D eigenvalue weighted by atomic mass is 32.2. The van der Waals surface area contributed by atoms with E-state index in [1.807, 2.05) is 11.8 Å². The molecule has 5 heteroatoms. The van der Waals surface area contributed by atoms with Gasteiger partial charge in [0.15, 0.2) is 0 Å². The van der Waals surface area contributed by atoms with E-state index in [-0.39, 0.29) is 4.87 Å². The van der Waals surface area contributed by atoms with Gasteiger partial charge >= 0.3 is 0 Å². The Morgan fingerprint density at radius 3 is 2.32 bits per heavy atom. The van der Waals surface area contributed by atoms with Crippen LogP contribution >= 0.6 is 11.8 Å². The number of piperidine rings is 1. The minimum absolute atomic E-state index is 0.0108. The molecule has 25 heavy (non-hydrogen) atoms. The molecule has 0 unspecified atom stereocenters. The third kappa shape index (κ3) is 3.58. The summed E-state index contributed by atoms with van der Waals surface area (Å²) in [5, 5.41) is 0. The van der Waals surface area contributed by atoms with Gasteiger partial charge in [0.25, 0.3) is 0 Å². The van der Waals surface area contributed by atoms with Gasteiger partial charge in [-0.2, -0.15) is 0 Å². The van der Waals surface area contributed by atoms with E-state index in [1.54, 1.807) is 0 Å². The van der Waals surface area contributed by atoms with E-state index in [4.69, 9.17) is 0 Å². The first kappa shape index (κ1) is 17.7.